The van der Waals surface area contributed by atoms with Crippen LogP contribution < -0.4 is 15.2 Å². The lowest BCUT2D eigenvalue weighted by Crippen LogP contribution is -2.01. The van der Waals surface area contributed by atoms with E-state index in [4.69, 9.17) is 26.8 Å². The van der Waals surface area contributed by atoms with E-state index < -0.39 is 0 Å². The predicted octanol–water partition coefficient (Wildman–Crippen LogP) is 3.54. The highest BCUT2D eigenvalue weighted by atomic mass is 35.5. The molecule has 0 saturated carbocycles. The summed E-state index contributed by atoms with van der Waals surface area (Å²) in [7, 11) is 3.22. The van der Waals surface area contributed by atoms with Crippen LogP contribution in [0.25, 0.3) is 10.4 Å². The number of thiophene rings is 1. The second kappa shape index (κ2) is 5.61. The van der Waals surface area contributed by atoms with Crippen molar-refractivity contribution in [1.29, 1.82) is 0 Å². The molecule has 2 N–H and O–H groups in total. The van der Waals surface area contributed by atoms with E-state index in [1.165, 1.54) is 0 Å². The Balaban J connectivity index is 2.62. The number of ether oxygens (including phenoxy) is 2. The van der Waals surface area contributed by atoms with Crippen LogP contribution in [0.5, 0.6) is 11.5 Å². The molecule has 0 aliphatic heterocycles. The van der Waals surface area contributed by atoms with Crippen molar-refractivity contribution in [3.63, 3.8) is 0 Å². The molecule has 2 rings (SSSR count). The minimum absolute atomic E-state index is 0.421. The molecule has 2 aromatic rings. The van der Waals surface area contributed by atoms with Crippen molar-refractivity contribution in [2.75, 3.05) is 14.2 Å². The van der Waals surface area contributed by atoms with Crippen LogP contribution in [0, 0.1) is 0 Å². The monoisotopic (exact) mass is 283 g/mol. The topological polar surface area (TPSA) is 44.5 Å². The molecule has 0 spiro atoms. The Morgan fingerprint density at radius 2 is 1.89 bits per heavy atom. The molecule has 0 amide bonds. The number of halogens is 1. The van der Waals surface area contributed by atoms with Gasteiger partial charge in [-0.25, -0.2) is 0 Å². The van der Waals surface area contributed by atoms with Gasteiger partial charge in [-0.15, -0.1) is 11.3 Å². The summed E-state index contributed by atoms with van der Waals surface area (Å²) in [6.07, 6.45) is 0. The summed E-state index contributed by atoms with van der Waals surface area (Å²) in [6, 6.07) is 5.68. The highest BCUT2D eigenvalue weighted by molar-refractivity contribution is 7.14. The standard InChI is InChI=1S/C13H14ClNO2S/c1-16-11-5-8(7-15)9(6-12(11)17-2)13-10(14)3-4-18-13/h3-6H,7,15H2,1-2H3. The fourth-order valence-electron chi connectivity index (χ4n) is 1.79. The van der Waals surface area contributed by atoms with Gasteiger partial charge in [0.2, 0.25) is 0 Å². The molecule has 5 heteroatoms. The number of methoxy groups -OCH3 is 2. The SMILES string of the molecule is COc1cc(CN)c(-c2sccc2Cl)cc1OC. The second-order valence-corrected chi connectivity index (χ2v) is 4.99. The number of hydrogen-bond acceptors (Lipinski definition) is 4. The van der Waals surface area contributed by atoms with Gasteiger partial charge in [-0.3, -0.25) is 0 Å². The van der Waals surface area contributed by atoms with E-state index in [1.807, 2.05) is 23.6 Å². The molecule has 0 aliphatic carbocycles. The van der Waals surface area contributed by atoms with Crippen molar-refractivity contribution < 1.29 is 9.47 Å². The molecule has 3 nitrogen and oxygen atoms in total. The van der Waals surface area contributed by atoms with Gasteiger partial charge in [-0.1, -0.05) is 11.6 Å². The van der Waals surface area contributed by atoms with Gasteiger partial charge in [0, 0.05) is 12.1 Å². The molecular formula is C13H14ClNO2S. The summed E-state index contributed by atoms with van der Waals surface area (Å²) in [5.41, 5.74) is 7.77. The van der Waals surface area contributed by atoms with E-state index in [-0.39, 0.29) is 0 Å². The third-order valence-electron chi connectivity index (χ3n) is 2.69. The summed E-state index contributed by atoms with van der Waals surface area (Å²) in [6.45, 7) is 0.421. The van der Waals surface area contributed by atoms with Crippen LogP contribution in [0.3, 0.4) is 0 Å². The lowest BCUT2D eigenvalue weighted by Gasteiger charge is -2.13. The summed E-state index contributed by atoms with van der Waals surface area (Å²) >= 11 is 7.75. The first-order valence-electron chi connectivity index (χ1n) is 5.39. The zero-order chi connectivity index (χ0) is 13.1. The maximum absolute atomic E-state index is 6.17. The van der Waals surface area contributed by atoms with Crippen molar-refractivity contribution in [3.05, 3.63) is 34.2 Å². The molecule has 1 aromatic heterocycles. The Morgan fingerprint density at radius 1 is 1.22 bits per heavy atom. The Bertz CT molecular complexity index is 554. The number of hydrogen-bond donors (Lipinski definition) is 1. The number of nitrogens with two attached hydrogens (primary N) is 1. The normalized spacial score (nSPS) is 10.4. The van der Waals surface area contributed by atoms with Gasteiger partial charge >= 0.3 is 0 Å². The molecule has 0 aliphatic rings. The van der Waals surface area contributed by atoms with Crippen LogP contribution in [0.2, 0.25) is 5.02 Å². The maximum Gasteiger partial charge on any atom is 0.161 e. The van der Waals surface area contributed by atoms with Gasteiger partial charge in [0.15, 0.2) is 11.5 Å². The molecule has 96 valence electrons. The van der Waals surface area contributed by atoms with Gasteiger partial charge in [0.25, 0.3) is 0 Å². The van der Waals surface area contributed by atoms with E-state index in [0.29, 0.717) is 18.0 Å². The Morgan fingerprint density at radius 3 is 2.39 bits per heavy atom. The Labute approximate surface area is 115 Å². The summed E-state index contributed by atoms with van der Waals surface area (Å²) in [5, 5.41) is 2.68. The molecule has 0 saturated heterocycles. The quantitative estimate of drug-likeness (QED) is 0.933. The highest BCUT2D eigenvalue weighted by Crippen LogP contribution is 2.40. The number of benzene rings is 1. The Kier molecular flexibility index (Phi) is 4.11. The van der Waals surface area contributed by atoms with Crippen LogP contribution in [0.15, 0.2) is 23.6 Å². The zero-order valence-electron chi connectivity index (χ0n) is 10.2. The van der Waals surface area contributed by atoms with Crippen molar-refractivity contribution in [1.82, 2.24) is 0 Å². The van der Waals surface area contributed by atoms with Gasteiger partial charge in [0.05, 0.1) is 24.1 Å². The van der Waals surface area contributed by atoms with Crippen LogP contribution >= 0.6 is 22.9 Å². The number of rotatable bonds is 4. The van der Waals surface area contributed by atoms with E-state index in [1.54, 1.807) is 25.6 Å². The second-order valence-electron chi connectivity index (χ2n) is 3.67. The average molecular weight is 284 g/mol. The minimum atomic E-state index is 0.421. The molecule has 0 radical (unpaired) electrons. The minimum Gasteiger partial charge on any atom is -0.493 e. The molecule has 18 heavy (non-hydrogen) atoms. The predicted molar refractivity (Wildman–Crippen MR) is 75.8 cm³/mol. The van der Waals surface area contributed by atoms with Gasteiger partial charge in [0.1, 0.15) is 0 Å². The molecule has 1 aromatic carbocycles. The Hall–Kier alpha value is -1.23. The van der Waals surface area contributed by atoms with Crippen LogP contribution in [-0.2, 0) is 6.54 Å². The zero-order valence-corrected chi connectivity index (χ0v) is 11.8. The van der Waals surface area contributed by atoms with Crippen molar-refractivity contribution in [3.8, 4) is 21.9 Å². The lowest BCUT2D eigenvalue weighted by atomic mass is 10.0. The third kappa shape index (κ3) is 2.32. The summed E-state index contributed by atoms with van der Waals surface area (Å²) in [5.74, 6) is 1.35. The van der Waals surface area contributed by atoms with Crippen molar-refractivity contribution in [2.45, 2.75) is 6.54 Å². The summed E-state index contributed by atoms with van der Waals surface area (Å²) in [4.78, 5) is 0.998. The molecular weight excluding hydrogens is 270 g/mol. The molecule has 0 bridgehead atoms. The van der Waals surface area contributed by atoms with E-state index in [0.717, 1.165) is 21.0 Å². The highest BCUT2D eigenvalue weighted by Gasteiger charge is 2.14. The van der Waals surface area contributed by atoms with Crippen LogP contribution in [0.1, 0.15) is 5.56 Å². The van der Waals surface area contributed by atoms with E-state index >= 15 is 0 Å². The first-order valence-corrected chi connectivity index (χ1v) is 6.65. The molecule has 0 atom stereocenters. The largest absolute Gasteiger partial charge is 0.493 e. The van der Waals surface area contributed by atoms with Crippen LogP contribution in [0.4, 0.5) is 0 Å². The van der Waals surface area contributed by atoms with E-state index in [9.17, 15) is 0 Å². The first-order chi connectivity index (χ1) is 8.71. The lowest BCUT2D eigenvalue weighted by molar-refractivity contribution is 0.354. The van der Waals surface area contributed by atoms with Crippen molar-refractivity contribution >= 4 is 22.9 Å². The third-order valence-corrected chi connectivity index (χ3v) is 4.07. The molecule has 1 heterocycles. The smallest absolute Gasteiger partial charge is 0.161 e. The summed E-state index contributed by atoms with van der Waals surface area (Å²) < 4.78 is 10.6. The fourth-order valence-corrected chi connectivity index (χ4v) is 3.00. The van der Waals surface area contributed by atoms with E-state index in [2.05, 4.69) is 0 Å². The van der Waals surface area contributed by atoms with Gasteiger partial charge in [-0.2, -0.15) is 0 Å². The fraction of sp³-hybridized carbons (Fsp3) is 0.231. The van der Waals surface area contributed by atoms with Gasteiger partial charge < -0.3 is 15.2 Å². The molecule has 0 unspecified atom stereocenters. The van der Waals surface area contributed by atoms with Crippen LogP contribution in [-0.4, -0.2) is 14.2 Å². The molecule has 0 fully saturated rings. The first kappa shape index (κ1) is 13.2. The van der Waals surface area contributed by atoms with Crippen molar-refractivity contribution in [2.24, 2.45) is 5.73 Å². The maximum atomic E-state index is 6.17. The van der Waals surface area contributed by atoms with Gasteiger partial charge in [-0.05, 0) is 29.1 Å². The average Bonchev–Trinajstić information content (AvgIpc) is 2.83.